The second-order valence-electron chi connectivity index (χ2n) is 7.30. The van der Waals surface area contributed by atoms with Gasteiger partial charge in [-0.25, -0.2) is 0 Å². The van der Waals surface area contributed by atoms with Crippen molar-refractivity contribution in [3.63, 3.8) is 0 Å². The number of carbonyl (C=O) groups is 4. The average Bonchev–Trinajstić information content (AvgIpc) is 2.60. The molecule has 6 nitrogen and oxygen atoms in total. The third-order valence-corrected chi connectivity index (χ3v) is 7.69. The van der Waals surface area contributed by atoms with Crippen molar-refractivity contribution < 1.29 is 29.4 Å². The third-order valence-electron chi connectivity index (χ3n) is 5.54. The quantitative estimate of drug-likeness (QED) is 0.642. The minimum Gasteiger partial charge on any atom is -0.481 e. The molecule has 0 aromatic heterocycles. The fourth-order valence-corrected chi connectivity index (χ4v) is 5.86. The lowest BCUT2D eigenvalue weighted by molar-refractivity contribution is -0.146. The summed E-state index contributed by atoms with van der Waals surface area (Å²) in [7, 11) is 1.76. The minimum absolute atomic E-state index is 0.147. The van der Waals surface area contributed by atoms with Gasteiger partial charge in [-0.2, -0.15) is 0 Å². The molecule has 0 aliphatic heterocycles. The van der Waals surface area contributed by atoms with E-state index in [4.69, 9.17) is 0 Å². The smallest absolute Gasteiger partial charge is 0.306 e. The molecule has 2 rings (SSSR count). The van der Waals surface area contributed by atoms with Crippen LogP contribution in [0.25, 0.3) is 0 Å². The van der Waals surface area contributed by atoms with Crippen LogP contribution >= 0.6 is 21.6 Å². The Morgan fingerprint density at radius 2 is 1.00 bits per heavy atom. The highest BCUT2D eigenvalue weighted by Gasteiger charge is 2.34. The van der Waals surface area contributed by atoms with Gasteiger partial charge in [0, 0.05) is 12.8 Å². The van der Waals surface area contributed by atoms with Crippen LogP contribution in [0.2, 0.25) is 0 Å². The van der Waals surface area contributed by atoms with Crippen molar-refractivity contribution in [1.29, 1.82) is 0 Å². The number of carboxylic acid groups (broad SMARTS) is 2. The number of aliphatic carboxylic acids is 2. The van der Waals surface area contributed by atoms with Crippen molar-refractivity contribution in [2.75, 3.05) is 0 Å². The van der Waals surface area contributed by atoms with E-state index in [2.05, 4.69) is 0 Å². The highest BCUT2D eigenvalue weighted by atomic mass is 33.1. The summed E-state index contributed by atoms with van der Waals surface area (Å²) in [6, 6.07) is 0. The third kappa shape index (κ3) is 6.30. The van der Waals surface area contributed by atoms with Crippen LogP contribution in [0.15, 0.2) is 0 Å². The van der Waals surface area contributed by atoms with Crippen molar-refractivity contribution in [3.05, 3.63) is 0 Å². The Hall–Kier alpha value is -1.02. The zero-order valence-corrected chi connectivity index (χ0v) is 16.4. The molecule has 0 heterocycles. The first-order chi connectivity index (χ1) is 12.4. The van der Waals surface area contributed by atoms with Crippen molar-refractivity contribution in [3.8, 4) is 0 Å². The van der Waals surface area contributed by atoms with Crippen LogP contribution in [-0.2, 0) is 19.2 Å². The van der Waals surface area contributed by atoms with Gasteiger partial charge in [0.1, 0.15) is 0 Å². The first-order valence-corrected chi connectivity index (χ1v) is 11.4. The van der Waals surface area contributed by atoms with Gasteiger partial charge in [0.15, 0.2) is 10.2 Å². The predicted octanol–water partition coefficient (Wildman–Crippen LogP) is 3.98. The van der Waals surface area contributed by atoms with Gasteiger partial charge in [0.25, 0.3) is 0 Å². The van der Waals surface area contributed by atoms with Crippen LogP contribution < -0.4 is 0 Å². The molecule has 2 N–H and O–H groups in total. The van der Waals surface area contributed by atoms with Gasteiger partial charge >= 0.3 is 11.9 Å². The summed E-state index contributed by atoms with van der Waals surface area (Å²) in [5, 5.41) is 18.2. The zero-order chi connectivity index (χ0) is 19.1. The molecule has 146 valence electrons. The fraction of sp³-hybridized carbons (Fsp3) is 0.778. The summed E-state index contributed by atoms with van der Waals surface area (Å²) in [4.78, 5) is 46.9. The summed E-state index contributed by atoms with van der Waals surface area (Å²) >= 11 is 0. The van der Waals surface area contributed by atoms with Crippen LogP contribution in [0.3, 0.4) is 0 Å². The maximum absolute atomic E-state index is 12.2. The molecular formula is C18H26O6S2. The Morgan fingerprint density at radius 3 is 1.35 bits per heavy atom. The number of carbonyl (C=O) groups excluding carboxylic acids is 2. The summed E-state index contributed by atoms with van der Waals surface area (Å²) in [6.45, 7) is 0. The van der Waals surface area contributed by atoms with Crippen molar-refractivity contribution in [1.82, 2.24) is 0 Å². The first-order valence-electron chi connectivity index (χ1n) is 9.24. The van der Waals surface area contributed by atoms with Crippen LogP contribution in [0, 0.1) is 23.7 Å². The van der Waals surface area contributed by atoms with Gasteiger partial charge in [-0.3, -0.25) is 19.2 Å². The molecule has 8 heteroatoms. The van der Waals surface area contributed by atoms with Gasteiger partial charge in [-0.05, 0) is 59.1 Å². The average molecular weight is 403 g/mol. The Balaban J connectivity index is 1.76. The van der Waals surface area contributed by atoms with E-state index >= 15 is 0 Å². The molecule has 2 fully saturated rings. The molecule has 26 heavy (non-hydrogen) atoms. The van der Waals surface area contributed by atoms with E-state index in [0.29, 0.717) is 12.8 Å². The van der Waals surface area contributed by atoms with Gasteiger partial charge in [0.05, 0.1) is 11.8 Å². The van der Waals surface area contributed by atoms with Crippen LogP contribution in [0.4, 0.5) is 0 Å². The van der Waals surface area contributed by atoms with Gasteiger partial charge in [-0.1, -0.05) is 25.7 Å². The number of carboxylic acids is 2. The van der Waals surface area contributed by atoms with E-state index in [-0.39, 0.29) is 34.9 Å². The molecule has 4 unspecified atom stereocenters. The topological polar surface area (TPSA) is 109 Å². The number of hydrogen-bond donors (Lipinski definition) is 2. The van der Waals surface area contributed by atoms with Crippen molar-refractivity contribution in [2.24, 2.45) is 23.7 Å². The Kier molecular flexibility index (Phi) is 8.47. The SMILES string of the molecule is O=C(CC1CCCCC1C(=O)O)SSC(=O)CC1CCCCC1C(=O)O. The lowest BCUT2D eigenvalue weighted by Gasteiger charge is -2.28. The van der Waals surface area contributed by atoms with E-state index in [1.54, 1.807) is 0 Å². The zero-order valence-electron chi connectivity index (χ0n) is 14.7. The van der Waals surface area contributed by atoms with E-state index in [1.165, 1.54) is 0 Å². The molecule has 2 aliphatic carbocycles. The maximum Gasteiger partial charge on any atom is 0.306 e. The molecule has 0 radical (unpaired) electrons. The molecule has 4 atom stereocenters. The molecule has 2 aliphatic rings. The van der Waals surface area contributed by atoms with E-state index in [1.807, 2.05) is 0 Å². The molecule has 0 aromatic rings. The lowest BCUT2D eigenvalue weighted by atomic mass is 9.78. The molecule has 0 spiro atoms. The van der Waals surface area contributed by atoms with Gasteiger partial charge in [-0.15, -0.1) is 0 Å². The largest absolute Gasteiger partial charge is 0.481 e. The normalized spacial score (nSPS) is 29.1. The van der Waals surface area contributed by atoms with Crippen molar-refractivity contribution >= 4 is 43.8 Å². The van der Waals surface area contributed by atoms with Gasteiger partial charge < -0.3 is 10.2 Å². The first kappa shape index (κ1) is 21.3. The van der Waals surface area contributed by atoms with E-state index in [0.717, 1.165) is 60.1 Å². The maximum atomic E-state index is 12.2. The predicted molar refractivity (Wildman–Crippen MR) is 101 cm³/mol. The Morgan fingerprint density at radius 1 is 0.654 bits per heavy atom. The number of rotatable bonds is 6. The monoisotopic (exact) mass is 402 g/mol. The number of hydrogen-bond acceptors (Lipinski definition) is 6. The minimum atomic E-state index is -0.840. The van der Waals surface area contributed by atoms with E-state index < -0.39 is 23.8 Å². The highest BCUT2D eigenvalue weighted by molar-refractivity contribution is 8.87. The Labute approximate surface area is 161 Å². The molecular weight excluding hydrogens is 376 g/mol. The summed E-state index contributed by atoms with van der Waals surface area (Å²) in [5.74, 6) is -2.90. The second-order valence-corrected chi connectivity index (χ2v) is 9.54. The van der Waals surface area contributed by atoms with Gasteiger partial charge in [0.2, 0.25) is 0 Å². The lowest BCUT2D eigenvalue weighted by Crippen LogP contribution is -2.28. The summed E-state index contributed by atoms with van der Waals surface area (Å²) < 4.78 is 0. The van der Waals surface area contributed by atoms with Crippen molar-refractivity contribution in [2.45, 2.75) is 64.2 Å². The highest BCUT2D eigenvalue weighted by Crippen LogP contribution is 2.38. The fourth-order valence-electron chi connectivity index (χ4n) is 4.14. The second kappa shape index (κ2) is 10.3. The van der Waals surface area contributed by atoms with Crippen LogP contribution in [-0.4, -0.2) is 32.4 Å². The standard InChI is InChI=1S/C18H26O6S2/c19-15(9-11-5-1-3-7-13(11)17(21)22)25-26-16(20)10-12-6-2-4-8-14(12)18(23)24/h11-14H,1-10H2,(H,21,22)(H,23,24). The van der Waals surface area contributed by atoms with Crippen LogP contribution in [0.1, 0.15) is 64.2 Å². The molecule has 0 saturated heterocycles. The van der Waals surface area contributed by atoms with Crippen LogP contribution in [0.5, 0.6) is 0 Å². The molecule has 2 saturated carbocycles. The molecule has 0 aromatic carbocycles. The Bertz CT molecular complexity index is 502. The summed E-state index contributed by atoms with van der Waals surface area (Å²) in [5.41, 5.74) is 0. The summed E-state index contributed by atoms with van der Waals surface area (Å²) in [6.07, 6.45) is 6.72. The van der Waals surface area contributed by atoms with E-state index in [9.17, 15) is 29.4 Å². The molecule has 0 bridgehead atoms. The molecule has 0 amide bonds.